The zero-order chi connectivity index (χ0) is 24.5. The van der Waals surface area contributed by atoms with Gasteiger partial charge >= 0.3 is 0 Å². The second-order valence-corrected chi connectivity index (χ2v) is 10.9. The van der Waals surface area contributed by atoms with Crippen LogP contribution in [0.5, 0.6) is 0 Å². The lowest BCUT2D eigenvalue weighted by Crippen LogP contribution is -2.44. The summed E-state index contributed by atoms with van der Waals surface area (Å²) in [5.74, 6) is 1.63. The fourth-order valence-corrected chi connectivity index (χ4v) is 5.40. The zero-order valence-electron chi connectivity index (χ0n) is 20.3. The van der Waals surface area contributed by atoms with E-state index in [9.17, 15) is 4.79 Å². The molecule has 0 saturated carbocycles. The predicted molar refractivity (Wildman–Crippen MR) is 142 cm³/mol. The van der Waals surface area contributed by atoms with Gasteiger partial charge in [0.2, 0.25) is 11.9 Å². The number of ether oxygens (including phenoxy) is 1. The Morgan fingerprint density at radius 1 is 1.11 bits per heavy atom. The molecule has 8 heteroatoms. The van der Waals surface area contributed by atoms with E-state index in [2.05, 4.69) is 52.9 Å². The average molecular weight is 515 g/mol. The number of imidazole rings is 1. The van der Waals surface area contributed by atoms with E-state index in [1.807, 2.05) is 12.1 Å². The van der Waals surface area contributed by atoms with Gasteiger partial charge in [-0.05, 0) is 61.4 Å². The Morgan fingerprint density at radius 2 is 1.83 bits per heavy atom. The van der Waals surface area contributed by atoms with E-state index in [4.69, 9.17) is 32.9 Å². The molecule has 1 N–H and O–H groups in total. The molecule has 2 aromatic carbocycles. The van der Waals surface area contributed by atoms with Crippen molar-refractivity contribution in [1.29, 1.82) is 0 Å². The van der Waals surface area contributed by atoms with Crippen molar-refractivity contribution in [3.63, 3.8) is 0 Å². The number of hydrogen-bond acceptors (Lipinski definition) is 4. The minimum absolute atomic E-state index is 0.0175. The van der Waals surface area contributed by atoms with Crippen molar-refractivity contribution >= 4 is 46.1 Å². The summed E-state index contributed by atoms with van der Waals surface area (Å²) in [6.45, 7) is 7.33. The summed E-state index contributed by atoms with van der Waals surface area (Å²) >= 11 is 12.7. The van der Waals surface area contributed by atoms with Crippen LogP contribution in [0.2, 0.25) is 10.0 Å². The number of nitrogens with zero attached hydrogens (tertiary/aromatic N) is 3. The summed E-state index contributed by atoms with van der Waals surface area (Å²) in [6.07, 6.45) is 3.52. The lowest BCUT2D eigenvalue weighted by atomic mass is 9.95. The van der Waals surface area contributed by atoms with E-state index in [-0.39, 0.29) is 17.9 Å². The number of amides is 1. The minimum Gasteiger partial charge on any atom is -0.379 e. The zero-order valence-corrected chi connectivity index (χ0v) is 21.8. The third kappa shape index (κ3) is 5.30. The third-order valence-corrected chi connectivity index (χ3v) is 7.66. The van der Waals surface area contributed by atoms with Gasteiger partial charge in [0.25, 0.3) is 0 Å². The highest BCUT2D eigenvalue weighted by Crippen LogP contribution is 2.34. The smallest absolute Gasteiger partial charge is 0.223 e. The minimum atomic E-state index is 0.0175. The number of rotatable bonds is 6. The van der Waals surface area contributed by atoms with Crippen molar-refractivity contribution in [3.8, 4) is 5.69 Å². The van der Waals surface area contributed by atoms with Crippen molar-refractivity contribution in [3.05, 3.63) is 52.0 Å². The Balaban J connectivity index is 1.41. The quantitative estimate of drug-likeness (QED) is 0.461. The molecular formula is C27H32Cl2N4O2. The van der Waals surface area contributed by atoms with Crippen LogP contribution in [-0.4, -0.2) is 47.8 Å². The fourth-order valence-electron chi connectivity index (χ4n) is 5.09. The normalized spacial score (nSPS) is 19.1. The van der Waals surface area contributed by atoms with Gasteiger partial charge < -0.3 is 15.0 Å². The number of anilines is 1. The van der Waals surface area contributed by atoms with Crippen LogP contribution in [0.1, 0.15) is 38.7 Å². The molecule has 186 valence electrons. The molecule has 35 heavy (non-hydrogen) atoms. The number of benzene rings is 2. The van der Waals surface area contributed by atoms with Gasteiger partial charge in [-0.2, -0.15) is 0 Å². The van der Waals surface area contributed by atoms with Gasteiger partial charge in [-0.1, -0.05) is 49.2 Å². The summed E-state index contributed by atoms with van der Waals surface area (Å²) < 4.78 is 7.55. The number of piperidine rings is 1. The molecule has 1 unspecified atom stereocenters. The first-order chi connectivity index (χ1) is 16.9. The maximum atomic E-state index is 12.8. The van der Waals surface area contributed by atoms with E-state index in [1.165, 1.54) is 5.56 Å². The molecule has 0 aliphatic carbocycles. The molecule has 5 rings (SSSR count). The second-order valence-electron chi connectivity index (χ2n) is 10.1. The molecular weight excluding hydrogens is 483 g/mol. The van der Waals surface area contributed by atoms with Gasteiger partial charge in [-0.3, -0.25) is 9.36 Å². The lowest BCUT2D eigenvalue weighted by Gasteiger charge is -2.32. The van der Waals surface area contributed by atoms with Crippen LogP contribution in [0.3, 0.4) is 0 Å². The van der Waals surface area contributed by atoms with E-state index in [0.29, 0.717) is 22.6 Å². The second kappa shape index (κ2) is 10.4. The maximum absolute atomic E-state index is 12.8. The van der Waals surface area contributed by atoms with Gasteiger partial charge in [-0.15, -0.1) is 0 Å². The van der Waals surface area contributed by atoms with Gasteiger partial charge in [0.15, 0.2) is 0 Å². The predicted octanol–water partition coefficient (Wildman–Crippen LogP) is 5.65. The van der Waals surface area contributed by atoms with Crippen LogP contribution in [-0.2, 0) is 16.0 Å². The molecule has 2 fully saturated rings. The monoisotopic (exact) mass is 514 g/mol. The summed E-state index contributed by atoms with van der Waals surface area (Å²) in [6, 6.07) is 12.5. The summed E-state index contributed by atoms with van der Waals surface area (Å²) in [7, 11) is 0. The number of fused-ring (bicyclic) bond motifs is 1. The van der Waals surface area contributed by atoms with E-state index in [1.54, 1.807) is 0 Å². The Hall–Kier alpha value is -2.28. The highest BCUT2D eigenvalue weighted by Gasteiger charge is 2.30. The molecule has 1 atom stereocenters. The van der Waals surface area contributed by atoms with Crippen molar-refractivity contribution < 1.29 is 9.53 Å². The Kier molecular flexibility index (Phi) is 7.24. The topological polar surface area (TPSA) is 59.4 Å². The molecule has 0 bridgehead atoms. The SMILES string of the molecule is CC(C)Cc1ccc(-n2c(N3CCC(C(=O)NC4CCOC4)CC3)nc3cc(Cl)c(Cl)cc32)cc1. The Morgan fingerprint density at radius 3 is 2.49 bits per heavy atom. The highest BCUT2D eigenvalue weighted by molar-refractivity contribution is 6.42. The van der Waals surface area contributed by atoms with Crippen LogP contribution >= 0.6 is 23.2 Å². The van der Waals surface area contributed by atoms with E-state index >= 15 is 0 Å². The Labute approximate surface area is 216 Å². The number of aromatic nitrogens is 2. The van der Waals surface area contributed by atoms with Crippen molar-refractivity contribution in [1.82, 2.24) is 14.9 Å². The van der Waals surface area contributed by atoms with Crippen molar-refractivity contribution in [2.45, 2.75) is 45.6 Å². The van der Waals surface area contributed by atoms with Crippen LogP contribution in [0.4, 0.5) is 5.95 Å². The Bertz CT molecular complexity index is 1190. The average Bonchev–Trinajstić information content (AvgIpc) is 3.47. The largest absolute Gasteiger partial charge is 0.379 e. The molecule has 2 saturated heterocycles. The summed E-state index contributed by atoms with van der Waals surface area (Å²) in [5, 5.41) is 4.16. The van der Waals surface area contributed by atoms with E-state index < -0.39 is 0 Å². The van der Waals surface area contributed by atoms with Crippen LogP contribution in [0, 0.1) is 11.8 Å². The first-order valence-corrected chi connectivity index (χ1v) is 13.2. The highest BCUT2D eigenvalue weighted by atomic mass is 35.5. The molecule has 2 aliphatic heterocycles. The summed E-state index contributed by atoms with van der Waals surface area (Å²) in [4.78, 5) is 20.0. The molecule has 6 nitrogen and oxygen atoms in total. The van der Waals surface area contributed by atoms with Crippen LogP contribution in [0.15, 0.2) is 36.4 Å². The van der Waals surface area contributed by atoms with Gasteiger partial charge in [-0.25, -0.2) is 4.98 Å². The number of carbonyl (C=O) groups excluding carboxylic acids is 1. The van der Waals surface area contributed by atoms with Gasteiger partial charge in [0, 0.05) is 31.3 Å². The fraction of sp³-hybridized carbons (Fsp3) is 0.481. The molecule has 1 amide bonds. The van der Waals surface area contributed by atoms with Gasteiger partial charge in [0.05, 0.1) is 33.7 Å². The van der Waals surface area contributed by atoms with Crippen molar-refractivity contribution in [2.75, 3.05) is 31.2 Å². The van der Waals surface area contributed by atoms with Gasteiger partial charge in [0.1, 0.15) is 0 Å². The van der Waals surface area contributed by atoms with E-state index in [0.717, 1.165) is 68.0 Å². The number of nitrogens with one attached hydrogen (secondary N) is 1. The molecule has 0 spiro atoms. The standard InChI is InChI=1S/C27H32Cl2N4O2/c1-17(2)13-18-3-5-21(6-4-18)33-25-15-23(29)22(28)14-24(25)31-27(33)32-10-7-19(8-11-32)26(34)30-20-9-12-35-16-20/h3-6,14-15,17,19-20H,7-13,16H2,1-2H3,(H,30,34). The first kappa shape index (κ1) is 24.4. The van der Waals surface area contributed by atoms with Crippen LogP contribution in [0.25, 0.3) is 16.7 Å². The molecule has 0 radical (unpaired) electrons. The van der Waals surface area contributed by atoms with Crippen LogP contribution < -0.4 is 10.2 Å². The number of hydrogen-bond donors (Lipinski definition) is 1. The molecule has 3 aromatic rings. The lowest BCUT2D eigenvalue weighted by molar-refractivity contribution is -0.126. The molecule has 2 aliphatic rings. The maximum Gasteiger partial charge on any atom is 0.223 e. The number of carbonyl (C=O) groups is 1. The molecule has 3 heterocycles. The third-order valence-electron chi connectivity index (χ3n) is 6.94. The molecule has 1 aromatic heterocycles. The first-order valence-electron chi connectivity index (χ1n) is 12.5. The van der Waals surface area contributed by atoms with Crippen molar-refractivity contribution in [2.24, 2.45) is 11.8 Å². The number of halogens is 2. The summed E-state index contributed by atoms with van der Waals surface area (Å²) in [5.41, 5.74) is 4.08.